The number of nitrogens with zero attached hydrogens (tertiary/aromatic N) is 1. The summed E-state index contributed by atoms with van der Waals surface area (Å²) in [5.74, 6) is 0. The summed E-state index contributed by atoms with van der Waals surface area (Å²) in [6, 6.07) is 0. The van der Waals surface area contributed by atoms with Crippen molar-refractivity contribution < 1.29 is 17.3 Å². The molecule has 0 aliphatic heterocycles. The minimum absolute atomic E-state index is 0.847. The number of rotatable bonds is 0. The molecule has 0 spiro atoms. The SMILES string of the molecule is N#C[S-].[Cl][Zn+]. The summed E-state index contributed by atoms with van der Waals surface area (Å²) < 4.78 is 0. The van der Waals surface area contributed by atoms with Gasteiger partial charge in [0.15, 0.2) is 0 Å². The Balaban J connectivity index is 0. The maximum absolute atomic E-state index is 7.13. The fourth-order valence-electron chi connectivity index (χ4n) is 0. The second-order valence-electron chi connectivity index (χ2n) is 0.0913. The molecule has 0 aliphatic carbocycles. The molecule has 0 aliphatic rings. The van der Waals surface area contributed by atoms with E-state index in [2.05, 4.69) is 12.6 Å². The number of halogens is 1. The van der Waals surface area contributed by atoms with E-state index in [1.807, 2.05) is 0 Å². The molecule has 0 aromatic heterocycles. The van der Waals surface area contributed by atoms with E-state index in [1.165, 1.54) is 5.40 Å². The van der Waals surface area contributed by atoms with Crippen LogP contribution in [0.3, 0.4) is 0 Å². The monoisotopic (exact) mass is 157 g/mol. The Bertz CT molecular complexity index is 33.1. The van der Waals surface area contributed by atoms with Crippen molar-refractivity contribution in [1.82, 2.24) is 0 Å². The van der Waals surface area contributed by atoms with Crippen molar-refractivity contribution in [3.8, 4) is 5.40 Å². The molecule has 5 heavy (non-hydrogen) atoms. The van der Waals surface area contributed by atoms with Crippen LogP contribution >= 0.6 is 9.69 Å². The molecule has 0 saturated carbocycles. The van der Waals surface area contributed by atoms with Gasteiger partial charge in [-0.25, -0.2) is 5.26 Å². The van der Waals surface area contributed by atoms with Crippen LogP contribution in [-0.2, 0) is 29.9 Å². The van der Waals surface area contributed by atoms with Gasteiger partial charge in [-0.3, -0.25) is 0 Å². The van der Waals surface area contributed by atoms with Crippen molar-refractivity contribution in [3.63, 3.8) is 0 Å². The van der Waals surface area contributed by atoms with Crippen LogP contribution in [0.25, 0.3) is 0 Å². The van der Waals surface area contributed by atoms with E-state index >= 15 is 0 Å². The topological polar surface area (TPSA) is 23.8 Å². The van der Waals surface area contributed by atoms with Gasteiger partial charge in [0.2, 0.25) is 0 Å². The average Bonchev–Trinajstić information content (AvgIpc) is 1.46. The Hall–Kier alpha value is 0.623. The zero-order valence-electron chi connectivity index (χ0n) is 2.44. The maximum atomic E-state index is 7.13. The van der Waals surface area contributed by atoms with Gasteiger partial charge < -0.3 is 12.6 Å². The quantitative estimate of drug-likeness (QED) is 0.295. The fraction of sp³-hybridized carbons (Fsp3) is 0. The summed E-state index contributed by atoms with van der Waals surface area (Å²) in [5.41, 5.74) is 0. The molecular formula is CClNSZn. The molecule has 0 aromatic rings. The molecule has 0 radical (unpaired) electrons. The van der Waals surface area contributed by atoms with Gasteiger partial charge in [0.05, 0.1) is 0 Å². The Kier molecular flexibility index (Phi) is 42.2. The standard InChI is InChI=1S/CHNS.ClH.Zn/c2-1-3;;/h3H;1H;/q;;+2/p-2. The van der Waals surface area contributed by atoms with Crippen LogP contribution in [-0.4, -0.2) is 0 Å². The van der Waals surface area contributed by atoms with Crippen LogP contribution in [0.4, 0.5) is 0 Å². The molecule has 0 N–H and O–H groups in total. The van der Waals surface area contributed by atoms with Gasteiger partial charge in [0, 0.05) is 0 Å². The molecule has 24 valence electrons. The first-order valence-electron chi connectivity index (χ1n) is 0.695. The molecule has 0 amide bonds. The van der Waals surface area contributed by atoms with Crippen LogP contribution in [0, 0.1) is 10.7 Å². The molecule has 0 aromatic carbocycles. The zero-order valence-corrected chi connectivity index (χ0v) is 6.98. The third kappa shape index (κ3) is 81.9. The molecule has 0 bridgehead atoms. The first-order valence-corrected chi connectivity index (χ1v) is 5.00. The summed E-state index contributed by atoms with van der Waals surface area (Å²) >= 11 is 4.55. The molecule has 1 nitrogen and oxygen atoms in total. The van der Waals surface area contributed by atoms with Gasteiger partial charge >= 0.3 is 27.0 Å². The fourth-order valence-corrected chi connectivity index (χ4v) is 0. The third-order valence-electron chi connectivity index (χ3n) is 0. The van der Waals surface area contributed by atoms with Gasteiger partial charge in [-0.05, 0) is 0 Å². The second kappa shape index (κ2) is 23.0. The Morgan fingerprint density at radius 3 is 1.80 bits per heavy atom. The molecule has 0 heterocycles. The van der Waals surface area contributed by atoms with Crippen LogP contribution in [0.1, 0.15) is 0 Å². The van der Waals surface area contributed by atoms with E-state index in [0.717, 1.165) is 17.3 Å². The Morgan fingerprint density at radius 2 is 1.80 bits per heavy atom. The third-order valence-corrected chi connectivity index (χ3v) is 0. The molecular weight excluding hydrogens is 159 g/mol. The average molecular weight is 159 g/mol. The number of hydrogen-bond acceptors (Lipinski definition) is 2. The zero-order chi connectivity index (χ0) is 4.71. The van der Waals surface area contributed by atoms with Crippen molar-refractivity contribution in [2.75, 3.05) is 0 Å². The first kappa shape index (κ1) is 9.16. The van der Waals surface area contributed by atoms with Crippen LogP contribution in [0.2, 0.25) is 0 Å². The van der Waals surface area contributed by atoms with Gasteiger partial charge in [-0.15, -0.1) is 0 Å². The summed E-state index contributed by atoms with van der Waals surface area (Å²) in [6.45, 7) is 0. The molecule has 0 fully saturated rings. The van der Waals surface area contributed by atoms with Crippen molar-refractivity contribution in [2.45, 2.75) is 0 Å². The minimum atomic E-state index is 0.847. The second-order valence-corrected chi connectivity index (χ2v) is 0.274. The Morgan fingerprint density at radius 1 is 1.80 bits per heavy atom. The van der Waals surface area contributed by atoms with Crippen LogP contribution < -0.4 is 0 Å². The predicted octanol–water partition coefficient (Wildman–Crippen LogP) is 0.701. The molecule has 0 saturated heterocycles. The van der Waals surface area contributed by atoms with Crippen LogP contribution in [0.15, 0.2) is 0 Å². The van der Waals surface area contributed by atoms with Crippen molar-refractivity contribution in [3.05, 3.63) is 0 Å². The van der Waals surface area contributed by atoms with Crippen molar-refractivity contribution in [1.29, 1.82) is 5.26 Å². The summed E-state index contributed by atoms with van der Waals surface area (Å²) in [6.07, 6.45) is 0. The molecule has 0 rings (SSSR count). The van der Waals surface area contributed by atoms with Gasteiger partial charge in [0.25, 0.3) is 0 Å². The summed E-state index contributed by atoms with van der Waals surface area (Å²) in [5, 5.41) is 8.47. The van der Waals surface area contributed by atoms with E-state index in [4.69, 9.17) is 15.0 Å². The normalized spacial score (nSPS) is 2.80. The Labute approximate surface area is 50.4 Å². The van der Waals surface area contributed by atoms with Gasteiger partial charge in [-0.1, -0.05) is 5.40 Å². The number of hydrogen-bond donors (Lipinski definition) is 0. The van der Waals surface area contributed by atoms with Crippen molar-refractivity contribution in [2.24, 2.45) is 0 Å². The van der Waals surface area contributed by atoms with E-state index in [-0.39, 0.29) is 0 Å². The predicted molar refractivity (Wildman–Crippen MR) is 18.8 cm³/mol. The van der Waals surface area contributed by atoms with Gasteiger partial charge in [0.1, 0.15) is 0 Å². The molecule has 4 heteroatoms. The summed E-state index contributed by atoms with van der Waals surface area (Å²) in [7, 11) is 4.76. The molecule has 0 unspecified atom stereocenters. The summed E-state index contributed by atoms with van der Waals surface area (Å²) in [4.78, 5) is 0. The van der Waals surface area contributed by atoms with Gasteiger partial charge in [-0.2, -0.15) is 0 Å². The van der Waals surface area contributed by atoms with E-state index in [1.54, 1.807) is 0 Å². The number of nitriles is 1. The number of thiocyanates is 1. The first-order chi connectivity index (χ1) is 2.41. The van der Waals surface area contributed by atoms with E-state index < -0.39 is 0 Å². The van der Waals surface area contributed by atoms with E-state index in [0.29, 0.717) is 0 Å². The molecule has 0 atom stereocenters. The van der Waals surface area contributed by atoms with Crippen LogP contribution in [0.5, 0.6) is 0 Å². The van der Waals surface area contributed by atoms with Crippen molar-refractivity contribution >= 4 is 22.3 Å². The van der Waals surface area contributed by atoms with E-state index in [9.17, 15) is 0 Å².